The Morgan fingerprint density at radius 2 is 1.48 bits per heavy atom. The standard InChI is InChI=1S/C44H57N5O14S.C7H15NOS.C5H5NO2/c1-22-38(54)25(45)17-33(62-22)63-27-20-44(60,19-24-35(27)42(58)37-36(40(24)56)39(55)23-11-10-12-26(61-3)34(23)41(37)57)29(21-50)47-48-31(52)14-6-4-8-15-49-32(53)18-28(43(49)59)64-16-9-5-7-13-30(51)46-2;1-8-7(9)5-3-2-4-6-10;1-6-4(7)2-3-5(6)8/h10-12,22,25,27-28,33,38,50,54,56,58,60H,4-9,13-21,45H2,1-3H3,(H,46,51)(H,48,52);10H,2-6H2,1H3,(H,8,9);2-3H,1H3/b47-29+;;/t22-,25-,27-,28?,33-,38+,44-;;/m1../s1. The topological polar surface area (TPSA) is 363 Å². The summed E-state index contributed by atoms with van der Waals surface area (Å²) in [6, 6.07) is 3.57. The van der Waals surface area contributed by atoms with Gasteiger partial charge in [-0.1, -0.05) is 31.4 Å². The molecule has 7 rings (SSSR count). The number of thiol groups is 1. The molecule has 26 heteroatoms. The van der Waals surface area contributed by atoms with Gasteiger partial charge in [0, 0.05) is 108 Å². The van der Waals surface area contributed by atoms with Crippen molar-refractivity contribution in [3.63, 3.8) is 0 Å². The lowest BCUT2D eigenvalue weighted by Gasteiger charge is -2.43. The minimum atomic E-state index is -2.18. The van der Waals surface area contributed by atoms with Crippen molar-refractivity contribution < 1.29 is 82.9 Å². The number of nitrogens with zero attached hydrogens (tertiary/aromatic N) is 3. The molecule has 2 fully saturated rings. The Balaban J connectivity index is 0.000000583. The van der Waals surface area contributed by atoms with Gasteiger partial charge in [-0.2, -0.15) is 17.7 Å². The molecule has 1 unspecified atom stereocenters. The molecule has 0 aromatic heterocycles. The summed E-state index contributed by atoms with van der Waals surface area (Å²) in [5.74, 6) is -2.68. The summed E-state index contributed by atoms with van der Waals surface area (Å²) in [5, 5.41) is 65.7. The molecule has 10 N–H and O–H groups in total. The fourth-order valence-corrected chi connectivity index (χ4v) is 11.3. The molecule has 2 aromatic rings. The third kappa shape index (κ3) is 16.7. The highest BCUT2D eigenvalue weighted by atomic mass is 32.2. The second-order valence-electron chi connectivity index (χ2n) is 20.3. The van der Waals surface area contributed by atoms with Gasteiger partial charge in [-0.05, 0) is 63.0 Å². The Morgan fingerprint density at radius 1 is 0.866 bits per heavy atom. The van der Waals surface area contributed by atoms with Crippen LogP contribution in [0.3, 0.4) is 0 Å². The van der Waals surface area contributed by atoms with E-state index in [0.29, 0.717) is 37.9 Å². The normalized spacial score (nSPS) is 22.8. The van der Waals surface area contributed by atoms with E-state index in [2.05, 4.69) is 33.8 Å². The van der Waals surface area contributed by atoms with Crippen LogP contribution in [0.2, 0.25) is 0 Å². The molecule has 2 aromatic carbocycles. The Bertz CT molecular complexity index is 2730. The molecule has 3 heterocycles. The summed E-state index contributed by atoms with van der Waals surface area (Å²) in [6.45, 7) is 0.910. The Hall–Kier alpha value is -6.26. The van der Waals surface area contributed by atoms with E-state index >= 15 is 0 Å². The second kappa shape index (κ2) is 31.4. The van der Waals surface area contributed by atoms with E-state index < -0.39 is 101 Å². The Kier molecular flexibility index (Phi) is 25.5. The van der Waals surface area contributed by atoms with E-state index in [4.69, 9.17) is 19.9 Å². The smallest absolute Gasteiger partial charge is 0.253 e. The van der Waals surface area contributed by atoms with Gasteiger partial charge in [0.15, 0.2) is 12.1 Å². The molecule has 0 spiro atoms. The van der Waals surface area contributed by atoms with Crippen LogP contribution in [-0.2, 0) is 49.5 Å². The average molecular weight is 1180 g/mol. The SMILES string of the molecule is CN1C(=O)C=CC1=O.CNC(=O)CCCCCS.CNC(=O)CCCCCSC1CC(=O)N(CCCCCC(=O)N/N=C(\CO)[C@@]2(O)Cc3c(O)c4c(c(O)c3[C@H](O[C@@H]3C[C@@H](N)[C@@H](O)[C@@H](C)O3)C2)C(=O)c2c(OC)cccc2C4=O)C1=O. The van der Waals surface area contributed by atoms with Crippen molar-refractivity contribution in [2.45, 2.75) is 151 Å². The molecule has 0 bridgehead atoms. The number of ether oxygens (including phenoxy) is 3. The van der Waals surface area contributed by atoms with Crippen molar-refractivity contribution >= 4 is 83.0 Å². The number of fused-ring (bicyclic) bond motifs is 3. The number of likely N-dealkylation sites (tertiary alicyclic amines) is 1. The zero-order valence-corrected chi connectivity index (χ0v) is 48.6. The number of carbonyl (C=O) groups is 9. The molecule has 7 amide bonds. The number of benzene rings is 2. The lowest BCUT2D eigenvalue weighted by atomic mass is 9.71. The predicted octanol–water partition coefficient (Wildman–Crippen LogP) is 2.40. The molecule has 2 saturated heterocycles. The van der Waals surface area contributed by atoms with E-state index in [1.54, 1.807) is 21.0 Å². The first-order chi connectivity index (χ1) is 39.1. The summed E-state index contributed by atoms with van der Waals surface area (Å²) in [6.07, 6.45) is 5.33. The lowest BCUT2D eigenvalue weighted by Crippen LogP contribution is -2.53. The van der Waals surface area contributed by atoms with Crippen LogP contribution >= 0.6 is 24.4 Å². The highest BCUT2D eigenvalue weighted by Crippen LogP contribution is 2.52. The number of aliphatic hydroxyl groups is 3. The highest BCUT2D eigenvalue weighted by Gasteiger charge is 2.50. The summed E-state index contributed by atoms with van der Waals surface area (Å²) < 4.78 is 17.5. The van der Waals surface area contributed by atoms with Gasteiger partial charge in [0.25, 0.3) is 11.8 Å². The Morgan fingerprint density at radius 3 is 2.05 bits per heavy atom. The van der Waals surface area contributed by atoms with Gasteiger partial charge < -0.3 is 56.1 Å². The number of aromatic hydroxyl groups is 2. The van der Waals surface area contributed by atoms with E-state index in [1.165, 1.54) is 61.2 Å². The fraction of sp³-hybridized carbons (Fsp3) is 0.571. The van der Waals surface area contributed by atoms with Crippen LogP contribution in [0.25, 0.3) is 0 Å². The van der Waals surface area contributed by atoms with E-state index in [9.17, 15) is 68.7 Å². The number of hydrogen-bond acceptors (Lipinski definition) is 21. The number of hydrazone groups is 1. The molecule has 450 valence electrons. The van der Waals surface area contributed by atoms with Crippen molar-refractivity contribution in [1.82, 2.24) is 25.9 Å². The molecular weight excluding hydrogens is 1110 g/mol. The first-order valence-electron chi connectivity index (χ1n) is 27.4. The number of rotatable bonds is 24. The van der Waals surface area contributed by atoms with Crippen molar-refractivity contribution in [1.29, 1.82) is 0 Å². The summed E-state index contributed by atoms with van der Waals surface area (Å²) in [4.78, 5) is 112. The van der Waals surface area contributed by atoms with Crippen molar-refractivity contribution in [3.8, 4) is 17.2 Å². The summed E-state index contributed by atoms with van der Waals surface area (Å²) >= 11 is 5.52. The van der Waals surface area contributed by atoms with Crippen LogP contribution < -0.4 is 26.5 Å². The molecule has 0 saturated carbocycles. The summed E-state index contributed by atoms with van der Waals surface area (Å²) in [7, 11) is 6.03. The van der Waals surface area contributed by atoms with E-state index in [-0.39, 0.29) is 95.0 Å². The highest BCUT2D eigenvalue weighted by molar-refractivity contribution is 8.00. The number of thioether (sulfide) groups is 1. The van der Waals surface area contributed by atoms with E-state index in [0.717, 1.165) is 49.2 Å². The molecule has 3 aliphatic heterocycles. The number of aliphatic hydroxyl groups excluding tert-OH is 2. The molecule has 0 radical (unpaired) electrons. The number of phenols is 2. The zero-order valence-electron chi connectivity index (χ0n) is 46.9. The largest absolute Gasteiger partial charge is 0.507 e. The third-order valence-electron chi connectivity index (χ3n) is 14.6. The van der Waals surface area contributed by atoms with Crippen LogP contribution in [0.1, 0.15) is 152 Å². The van der Waals surface area contributed by atoms with Crippen molar-refractivity contribution in [2.75, 3.05) is 52.9 Å². The number of unbranched alkanes of at least 4 members (excludes halogenated alkanes) is 6. The molecule has 7 atom stereocenters. The number of methoxy groups -OCH3 is 1. The maximum Gasteiger partial charge on any atom is 0.253 e. The van der Waals surface area contributed by atoms with Crippen LogP contribution in [0, 0.1) is 0 Å². The first-order valence-corrected chi connectivity index (χ1v) is 29.0. The number of nitrogens with two attached hydrogens (primary N) is 1. The Labute approximate surface area is 485 Å². The second-order valence-corrected chi connectivity index (χ2v) is 22.1. The average Bonchev–Trinajstić information content (AvgIpc) is 1.19. The van der Waals surface area contributed by atoms with Gasteiger partial charge in [-0.15, -0.1) is 11.8 Å². The lowest BCUT2D eigenvalue weighted by molar-refractivity contribution is -0.245. The van der Waals surface area contributed by atoms with Crippen LogP contribution in [0.5, 0.6) is 17.2 Å². The molecular formula is C56H77N7O17S2. The monoisotopic (exact) mass is 1180 g/mol. The van der Waals surface area contributed by atoms with Gasteiger partial charge in [-0.3, -0.25) is 53.0 Å². The number of ketones is 2. The zero-order chi connectivity index (χ0) is 60.4. The molecule has 5 aliphatic rings. The molecule has 24 nitrogen and oxygen atoms in total. The third-order valence-corrected chi connectivity index (χ3v) is 16.3. The number of likely N-dealkylation sites (N-methyl/N-ethyl adjacent to an activating group) is 1. The van der Waals surface area contributed by atoms with Crippen LogP contribution in [0.15, 0.2) is 35.5 Å². The summed E-state index contributed by atoms with van der Waals surface area (Å²) in [5.41, 5.74) is 4.48. The minimum Gasteiger partial charge on any atom is -0.507 e. The fourth-order valence-electron chi connectivity index (χ4n) is 9.92. The number of hydrogen-bond donors (Lipinski definition) is 10. The minimum absolute atomic E-state index is 0.0109. The first kappa shape index (κ1) is 66.5. The van der Waals surface area contributed by atoms with Gasteiger partial charge in [0.1, 0.15) is 22.8 Å². The maximum atomic E-state index is 14.0. The number of imide groups is 2. The predicted molar refractivity (Wildman–Crippen MR) is 304 cm³/mol. The van der Waals surface area contributed by atoms with Crippen LogP contribution in [0.4, 0.5) is 0 Å². The number of phenolic OH excluding ortho intramolecular Hbond substituents is 2. The maximum absolute atomic E-state index is 14.0. The van der Waals surface area contributed by atoms with Gasteiger partial charge in [-0.25, -0.2) is 5.43 Å². The van der Waals surface area contributed by atoms with E-state index in [1.807, 2.05) is 0 Å². The molecule has 2 aliphatic carbocycles. The quantitative estimate of drug-likeness (QED) is 0.0154. The van der Waals surface area contributed by atoms with Gasteiger partial charge >= 0.3 is 0 Å². The number of amides is 7. The molecule has 82 heavy (non-hydrogen) atoms. The van der Waals surface area contributed by atoms with Crippen molar-refractivity contribution in [2.24, 2.45) is 10.8 Å². The number of carbonyl (C=O) groups excluding carboxylic acids is 9. The van der Waals surface area contributed by atoms with Gasteiger partial charge in [0.2, 0.25) is 35.3 Å². The van der Waals surface area contributed by atoms with Crippen LogP contribution in [-0.4, -0.2) is 182 Å². The number of nitrogens with one attached hydrogen (secondary N) is 3. The van der Waals surface area contributed by atoms with Crippen molar-refractivity contribution in [3.05, 3.63) is 63.7 Å². The van der Waals surface area contributed by atoms with Gasteiger partial charge in [0.05, 0.1) is 59.7 Å².